The fourth-order valence-corrected chi connectivity index (χ4v) is 1.60. The number of carboxylic acid groups (broad SMARTS) is 1. The number of aryl methyl sites for hydroxylation is 1. The lowest BCUT2D eigenvalue weighted by molar-refractivity contribution is -0.140. The summed E-state index contributed by atoms with van der Waals surface area (Å²) in [6, 6.07) is -0.601. The Hall–Kier alpha value is -1.43. The first-order valence-electron chi connectivity index (χ1n) is 6.32. The summed E-state index contributed by atoms with van der Waals surface area (Å²) in [7, 11) is 0. The molecule has 1 atom stereocenters. The van der Waals surface area contributed by atoms with E-state index in [-0.39, 0.29) is 12.5 Å². The van der Waals surface area contributed by atoms with Crippen LogP contribution >= 0.6 is 0 Å². The van der Waals surface area contributed by atoms with Gasteiger partial charge in [0.2, 0.25) is 5.89 Å². The second-order valence-corrected chi connectivity index (χ2v) is 4.65. The molecule has 0 fully saturated rings. The standard InChI is InChI=1S/C12H21N3O3/c1-4-5-6-9-14-10(18-15-9)7-13-11(8(2)3)12(16)17/h8,11,13H,4-7H2,1-3H3,(H,16,17). The summed E-state index contributed by atoms with van der Waals surface area (Å²) in [5.74, 6) is 0.263. The summed E-state index contributed by atoms with van der Waals surface area (Å²) in [5.41, 5.74) is 0. The minimum Gasteiger partial charge on any atom is -0.480 e. The predicted molar refractivity (Wildman–Crippen MR) is 66.0 cm³/mol. The van der Waals surface area contributed by atoms with Gasteiger partial charge in [-0.2, -0.15) is 4.98 Å². The third kappa shape index (κ3) is 4.44. The van der Waals surface area contributed by atoms with Crippen LogP contribution in [0.5, 0.6) is 0 Å². The molecule has 6 heteroatoms. The first-order chi connectivity index (χ1) is 8.54. The van der Waals surface area contributed by atoms with E-state index in [2.05, 4.69) is 22.4 Å². The monoisotopic (exact) mass is 255 g/mol. The minimum absolute atomic E-state index is 0.00461. The molecule has 0 saturated heterocycles. The first-order valence-corrected chi connectivity index (χ1v) is 6.32. The van der Waals surface area contributed by atoms with Gasteiger partial charge in [-0.15, -0.1) is 0 Å². The maximum atomic E-state index is 11.0. The number of nitrogens with one attached hydrogen (secondary N) is 1. The molecule has 0 radical (unpaired) electrons. The van der Waals surface area contributed by atoms with Crippen LogP contribution in [0.3, 0.4) is 0 Å². The molecule has 2 N–H and O–H groups in total. The molecule has 0 aliphatic heterocycles. The van der Waals surface area contributed by atoms with E-state index in [4.69, 9.17) is 9.63 Å². The lowest BCUT2D eigenvalue weighted by Crippen LogP contribution is -2.40. The lowest BCUT2D eigenvalue weighted by Gasteiger charge is -2.16. The number of rotatable bonds is 8. The number of aliphatic carboxylic acids is 1. The van der Waals surface area contributed by atoms with Gasteiger partial charge in [-0.3, -0.25) is 10.1 Å². The zero-order chi connectivity index (χ0) is 13.5. The van der Waals surface area contributed by atoms with E-state index in [1.165, 1.54) is 0 Å². The number of carboxylic acids is 1. The molecule has 18 heavy (non-hydrogen) atoms. The Kier molecular flexibility index (Phi) is 5.77. The Balaban J connectivity index is 2.47. The Labute approximate surface area is 107 Å². The van der Waals surface area contributed by atoms with Gasteiger partial charge < -0.3 is 9.63 Å². The molecule has 1 unspecified atom stereocenters. The van der Waals surface area contributed by atoms with Crippen molar-refractivity contribution in [2.45, 2.75) is 52.6 Å². The van der Waals surface area contributed by atoms with Gasteiger partial charge in [0.05, 0.1) is 6.54 Å². The van der Waals surface area contributed by atoms with Gasteiger partial charge in [0.25, 0.3) is 0 Å². The summed E-state index contributed by atoms with van der Waals surface area (Å²) >= 11 is 0. The molecule has 1 rings (SSSR count). The van der Waals surface area contributed by atoms with Crippen molar-refractivity contribution in [3.63, 3.8) is 0 Å². The van der Waals surface area contributed by atoms with E-state index in [1.807, 2.05) is 13.8 Å². The quantitative estimate of drug-likeness (QED) is 0.733. The molecular weight excluding hydrogens is 234 g/mol. The van der Waals surface area contributed by atoms with E-state index in [9.17, 15) is 4.79 Å². The van der Waals surface area contributed by atoms with Crippen LogP contribution in [0.25, 0.3) is 0 Å². The maximum Gasteiger partial charge on any atom is 0.320 e. The first kappa shape index (κ1) is 14.6. The summed E-state index contributed by atoms with van der Waals surface area (Å²) in [6.07, 6.45) is 2.90. The molecule has 0 bridgehead atoms. The SMILES string of the molecule is CCCCc1noc(CNC(C(=O)O)C(C)C)n1. The molecule has 6 nitrogen and oxygen atoms in total. The van der Waals surface area contributed by atoms with Crippen LogP contribution in [0.4, 0.5) is 0 Å². The number of hydrogen-bond acceptors (Lipinski definition) is 5. The largest absolute Gasteiger partial charge is 0.480 e. The highest BCUT2D eigenvalue weighted by Gasteiger charge is 2.21. The zero-order valence-corrected chi connectivity index (χ0v) is 11.1. The average Bonchev–Trinajstić information content (AvgIpc) is 2.73. The number of aromatic nitrogens is 2. The molecule has 1 aromatic heterocycles. The van der Waals surface area contributed by atoms with Gasteiger partial charge in [0, 0.05) is 6.42 Å². The Morgan fingerprint density at radius 3 is 2.78 bits per heavy atom. The molecule has 1 heterocycles. The molecule has 0 aliphatic carbocycles. The van der Waals surface area contributed by atoms with Gasteiger partial charge in [0.1, 0.15) is 6.04 Å². The van der Waals surface area contributed by atoms with Gasteiger partial charge in [0.15, 0.2) is 5.82 Å². The summed E-state index contributed by atoms with van der Waals surface area (Å²) < 4.78 is 5.06. The molecule has 0 amide bonds. The highest BCUT2D eigenvalue weighted by atomic mass is 16.5. The van der Waals surface area contributed by atoms with Crippen molar-refractivity contribution >= 4 is 5.97 Å². The van der Waals surface area contributed by atoms with E-state index in [0.717, 1.165) is 19.3 Å². The molecule has 0 spiro atoms. The fraction of sp³-hybridized carbons (Fsp3) is 0.750. The molecular formula is C12H21N3O3. The summed E-state index contributed by atoms with van der Waals surface area (Å²) in [4.78, 5) is 15.2. The topological polar surface area (TPSA) is 88.2 Å². The highest BCUT2D eigenvalue weighted by molar-refractivity contribution is 5.73. The van der Waals surface area contributed by atoms with Crippen molar-refractivity contribution in [2.24, 2.45) is 5.92 Å². The van der Waals surface area contributed by atoms with Gasteiger partial charge in [-0.1, -0.05) is 32.3 Å². The van der Waals surface area contributed by atoms with Crippen LogP contribution in [-0.2, 0) is 17.8 Å². The summed E-state index contributed by atoms with van der Waals surface area (Å²) in [6.45, 7) is 6.09. The van der Waals surface area contributed by atoms with Crippen LogP contribution in [0.15, 0.2) is 4.52 Å². The van der Waals surface area contributed by atoms with Crippen molar-refractivity contribution in [3.8, 4) is 0 Å². The van der Waals surface area contributed by atoms with E-state index < -0.39 is 12.0 Å². The minimum atomic E-state index is -0.865. The second-order valence-electron chi connectivity index (χ2n) is 4.65. The van der Waals surface area contributed by atoms with E-state index >= 15 is 0 Å². The number of carbonyl (C=O) groups is 1. The highest BCUT2D eigenvalue weighted by Crippen LogP contribution is 2.05. The van der Waals surface area contributed by atoms with E-state index in [1.54, 1.807) is 0 Å². The maximum absolute atomic E-state index is 11.0. The van der Waals surface area contributed by atoms with Crippen LogP contribution < -0.4 is 5.32 Å². The number of unbranched alkanes of at least 4 members (excludes halogenated alkanes) is 1. The Bertz CT molecular complexity index is 376. The normalized spacial score (nSPS) is 12.9. The van der Waals surface area contributed by atoms with Crippen LogP contribution in [0.2, 0.25) is 0 Å². The third-order valence-electron chi connectivity index (χ3n) is 2.67. The van der Waals surface area contributed by atoms with Gasteiger partial charge in [-0.25, -0.2) is 0 Å². The van der Waals surface area contributed by atoms with Crippen molar-refractivity contribution in [2.75, 3.05) is 0 Å². The van der Waals surface area contributed by atoms with Crippen molar-refractivity contribution < 1.29 is 14.4 Å². The fourth-order valence-electron chi connectivity index (χ4n) is 1.60. The molecule has 0 saturated carbocycles. The van der Waals surface area contributed by atoms with Gasteiger partial charge in [-0.05, 0) is 12.3 Å². The number of nitrogens with zero attached hydrogens (tertiary/aromatic N) is 2. The molecule has 0 aromatic carbocycles. The van der Waals surface area contributed by atoms with Crippen LogP contribution in [0.1, 0.15) is 45.3 Å². The smallest absolute Gasteiger partial charge is 0.320 e. The van der Waals surface area contributed by atoms with Crippen LogP contribution in [0, 0.1) is 5.92 Å². The van der Waals surface area contributed by atoms with Gasteiger partial charge >= 0.3 is 5.97 Å². The van der Waals surface area contributed by atoms with Crippen molar-refractivity contribution in [1.82, 2.24) is 15.5 Å². The average molecular weight is 255 g/mol. The van der Waals surface area contributed by atoms with E-state index in [0.29, 0.717) is 11.7 Å². The summed E-state index contributed by atoms with van der Waals surface area (Å²) in [5, 5.41) is 15.8. The molecule has 1 aromatic rings. The Morgan fingerprint density at radius 1 is 1.50 bits per heavy atom. The van der Waals surface area contributed by atoms with Crippen molar-refractivity contribution in [1.29, 1.82) is 0 Å². The van der Waals surface area contributed by atoms with Crippen LogP contribution in [-0.4, -0.2) is 27.3 Å². The van der Waals surface area contributed by atoms with Crippen molar-refractivity contribution in [3.05, 3.63) is 11.7 Å². The second kappa shape index (κ2) is 7.10. The number of hydrogen-bond donors (Lipinski definition) is 2. The molecule has 102 valence electrons. The third-order valence-corrected chi connectivity index (χ3v) is 2.67. The lowest BCUT2D eigenvalue weighted by atomic mass is 10.1. The zero-order valence-electron chi connectivity index (χ0n) is 11.1. The molecule has 0 aliphatic rings. The Morgan fingerprint density at radius 2 is 2.22 bits per heavy atom. The predicted octanol–water partition coefficient (Wildman–Crippen LogP) is 1.61.